The van der Waals surface area contributed by atoms with Crippen LogP contribution >= 0.6 is 99.7 Å². The first-order valence-electron chi connectivity index (χ1n) is 23.9. The van der Waals surface area contributed by atoms with Crippen LogP contribution in [0.5, 0.6) is 0 Å². The fourth-order valence-corrected chi connectivity index (χ4v) is 19.7. The number of carbonyl (C=O) groups excluding carboxylic acids is 2. The van der Waals surface area contributed by atoms with Gasteiger partial charge in [0.15, 0.2) is 0 Å². The molecule has 0 unspecified atom stereocenters. The number of hydrogen-bond acceptors (Lipinski definition) is 2. The summed E-state index contributed by atoms with van der Waals surface area (Å²) < 4.78 is 184. The SMILES string of the molecule is O=C(Nc1cc(Cl)c(Br)cc1CBr)C(F)(F)C(F)(F)C(F)(F)F.O=C(Nc1cc(Cl)c(Br)cc1CP(Br)(c1ccccc1)(c1ccccc1)c1ccccc1)C(F)(F)C(F)(F)C(F)(F)F.c1ccc(P(c2ccccc2)c2ccccc2)cc1. The maximum atomic E-state index is 14.4. The van der Waals surface area contributed by atoms with Gasteiger partial charge in [-0.05, 0) is 57.5 Å². The number of amides is 2. The summed E-state index contributed by atoms with van der Waals surface area (Å²) in [4.78, 5) is 23.7. The van der Waals surface area contributed by atoms with Crippen molar-refractivity contribution in [3.63, 3.8) is 0 Å². The normalized spacial score (nSPS) is 12.8. The first-order valence-corrected chi connectivity index (χ1v) is 33.1. The van der Waals surface area contributed by atoms with E-state index >= 15 is 0 Å². The fraction of sp³-hybridized carbons (Fsp3) is 0.138. The topological polar surface area (TPSA) is 58.2 Å². The summed E-state index contributed by atoms with van der Waals surface area (Å²) in [5.41, 5.74) is -0.627. The molecule has 0 aliphatic rings. The third-order valence-corrected chi connectivity index (χ3v) is 27.3. The van der Waals surface area contributed by atoms with Gasteiger partial charge in [-0.1, -0.05) is 119 Å². The van der Waals surface area contributed by atoms with Gasteiger partial charge in [-0.2, -0.15) is 30.7 Å². The Bertz CT molecular complexity index is 3340. The van der Waals surface area contributed by atoms with Crippen molar-refractivity contribution in [2.24, 2.45) is 0 Å². The Morgan fingerprint density at radius 3 is 0.964 bits per heavy atom. The molecular weight excluding hydrogens is 1480 g/mol. The molecule has 444 valence electrons. The minimum Gasteiger partial charge on any atom is -0.0622 e. The van der Waals surface area contributed by atoms with Gasteiger partial charge in [0, 0.05) is 15.5 Å². The molecule has 0 saturated heterocycles. The van der Waals surface area contributed by atoms with E-state index in [0.29, 0.717) is 4.47 Å². The van der Waals surface area contributed by atoms with Crippen LogP contribution in [0.2, 0.25) is 10.0 Å². The molecule has 0 atom stereocenters. The molecule has 4 nitrogen and oxygen atoms in total. The van der Waals surface area contributed by atoms with Crippen molar-refractivity contribution in [2.75, 3.05) is 10.6 Å². The zero-order valence-electron chi connectivity index (χ0n) is 42.3. The van der Waals surface area contributed by atoms with Gasteiger partial charge in [-0.25, -0.2) is 0 Å². The zero-order valence-corrected chi connectivity index (χ0v) is 52.0. The summed E-state index contributed by atoms with van der Waals surface area (Å²) in [5, 5.41) is 5.49. The molecule has 0 bridgehead atoms. The molecule has 0 aliphatic carbocycles. The van der Waals surface area contributed by atoms with Gasteiger partial charge < -0.3 is 5.32 Å². The van der Waals surface area contributed by atoms with Gasteiger partial charge in [0.05, 0.1) is 5.02 Å². The maximum absolute atomic E-state index is 14.4. The average molecular weight is 1520 g/mol. The molecule has 0 heterocycles. The van der Waals surface area contributed by atoms with Crippen molar-refractivity contribution in [1.82, 2.24) is 0 Å². The zero-order chi connectivity index (χ0) is 62.1. The molecule has 26 heteroatoms. The molecule has 8 rings (SSSR count). The van der Waals surface area contributed by atoms with Gasteiger partial charge in [-0.15, -0.1) is 0 Å². The van der Waals surface area contributed by atoms with E-state index in [9.17, 15) is 71.1 Å². The van der Waals surface area contributed by atoms with E-state index < -0.39 is 72.5 Å². The molecule has 0 spiro atoms. The van der Waals surface area contributed by atoms with Crippen LogP contribution in [0.1, 0.15) is 11.1 Å². The summed E-state index contributed by atoms with van der Waals surface area (Å²) in [6, 6.07) is 64.5. The number of anilines is 2. The van der Waals surface area contributed by atoms with Crippen LogP contribution in [-0.4, -0.2) is 47.9 Å². The standard InChI is InChI=1S/C29H20Br2ClF7NOP.C18H15P.C11H5Br2ClF7NO/c30-23-16-19(25(17-24(23)32)40-26(41)27(33,34)28(35,36)29(37,38)39)18-42(31,20-10-4-1-5-11-20,21-12-6-2-7-13-21)22-14-8-3-9-15-22;1-4-10-16(11-5-1)19(17-12-6-2-7-13-17)18-14-8-3-9-15-18;12-3-4-1-5(13)6(14)2-7(4)22-8(23)9(15,16)10(17,18)11(19,20)21/h1-17H,18H2,(H,40,41);1-15H;1-2H,3H2,(H,22,23). The van der Waals surface area contributed by atoms with Crippen LogP contribution in [0.15, 0.2) is 215 Å². The smallest absolute Gasteiger partial charge is 0.0134 e. The second kappa shape index (κ2) is 27.4. The van der Waals surface area contributed by atoms with E-state index in [-0.39, 0.29) is 37.1 Å². The Balaban J connectivity index is 0.000000225. The van der Waals surface area contributed by atoms with Crippen molar-refractivity contribution in [2.45, 2.75) is 47.5 Å². The Labute approximate surface area is 516 Å². The number of benzene rings is 8. The van der Waals surface area contributed by atoms with Crippen molar-refractivity contribution in [3.8, 4) is 0 Å². The number of carbonyl (C=O) groups is 2. The van der Waals surface area contributed by atoms with E-state index in [2.05, 4.69) is 154 Å². The summed E-state index contributed by atoms with van der Waals surface area (Å²) in [5.74, 6) is -30.9. The van der Waals surface area contributed by atoms with E-state index in [0.717, 1.165) is 28.0 Å². The van der Waals surface area contributed by atoms with Crippen molar-refractivity contribution in [1.29, 1.82) is 0 Å². The minimum absolute atomic E-state index is 0.0143. The summed E-state index contributed by atoms with van der Waals surface area (Å²) in [6.07, 6.45) is -13.3. The number of alkyl halides is 15. The molecule has 0 fully saturated rings. The fourth-order valence-electron chi connectivity index (χ4n) is 8.13. The Hall–Kier alpha value is -4.92. The van der Waals surface area contributed by atoms with Crippen LogP contribution in [0, 0.1) is 0 Å². The molecule has 8 aromatic rings. The number of halogens is 20. The quantitative estimate of drug-likeness (QED) is 0.0610. The third kappa shape index (κ3) is 14.6. The van der Waals surface area contributed by atoms with Gasteiger partial charge in [0.25, 0.3) is 0 Å². The average Bonchev–Trinajstić information content (AvgIpc) is 0.791. The van der Waals surface area contributed by atoms with E-state index in [1.807, 2.05) is 72.8 Å². The van der Waals surface area contributed by atoms with Crippen LogP contribution in [0.25, 0.3) is 0 Å². The molecule has 0 saturated carbocycles. The Kier molecular flexibility index (Phi) is 22.3. The van der Waals surface area contributed by atoms with E-state index in [1.54, 1.807) is 23.5 Å². The van der Waals surface area contributed by atoms with E-state index in [1.165, 1.54) is 33.4 Å². The monoisotopic (exact) mass is 1510 g/mol. The summed E-state index contributed by atoms with van der Waals surface area (Å²) in [6.45, 7) is 0. The second-order valence-electron chi connectivity index (χ2n) is 17.9. The van der Waals surface area contributed by atoms with Crippen LogP contribution < -0.4 is 42.5 Å². The second-order valence-corrected chi connectivity index (χ2v) is 32.1. The predicted molar refractivity (Wildman–Crippen MR) is 323 cm³/mol. The first-order chi connectivity index (χ1) is 39.2. The number of hydrogen-bond donors (Lipinski definition) is 2. The molecule has 0 radical (unpaired) electrons. The van der Waals surface area contributed by atoms with Gasteiger partial charge in [0.1, 0.15) is 0 Å². The summed E-state index contributed by atoms with van der Waals surface area (Å²) >= 11 is 25.2. The molecule has 84 heavy (non-hydrogen) atoms. The van der Waals surface area contributed by atoms with Gasteiger partial charge in [0.2, 0.25) is 0 Å². The van der Waals surface area contributed by atoms with E-state index in [4.69, 9.17) is 23.2 Å². The Morgan fingerprint density at radius 2 is 0.690 bits per heavy atom. The molecule has 8 aromatic carbocycles. The molecule has 2 amide bonds. The molecule has 2 N–H and O–H groups in total. The number of rotatable bonds is 15. The van der Waals surface area contributed by atoms with Crippen molar-refractivity contribution >= 4 is 155 Å². The van der Waals surface area contributed by atoms with Gasteiger partial charge >= 0.3 is 283 Å². The maximum Gasteiger partial charge on any atom is -0.0134 e. The van der Waals surface area contributed by atoms with Crippen LogP contribution in [-0.2, 0) is 21.1 Å². The van der Waals surface area contributed by atoms with Crippen LogP contribution in [0.3, 0.4) is 0 Å². The third-order valence-electron chi connectivity index (χ3n) is 12.4. The minimum atomic E-state index is -6.68. The van der Waals surface area contributed by atoms with Crippen molar-refractivity contribution < 1.29 is 71.1 Å². The first kappa shape index (κ1) is 68.2. The van der Waals surface area contributed by atoms with Gasteiger partial charge in [-0.3, -0.25) is 4.79 Å². The van der Waals surface area contributed by atoms with Crippen molar-refractivity contribution in [3.05, 3.63) is 236 Å². The Morgan fingerprint density at radius 1 is 0.429 bits per heavy atom. The molecular formula is C58H40Br4Cl2F14N2O2P2. The largest absolute Gasteiger partial charge is 0.0622 e. The predicted octanol–water partition coefficient (Wildman–Crippen LogP) is 18.4. The number of nitrogens with one attached hydrogen (secondary N) is 2. The summed E-state index contributed by atoms with van der Waals surface area (Å²) in [7, 11) is -0.446. The van der Waals surface area contributed by atoms with Crippen LogP contribution in [0.4, 0.5) is 72.8 Å². The molecule has 0 aliphatic heterocycles. The molecule has 0 aromatic heterocycles.